The maximum Gasteiger partial charge on any atom is 0.108 e. The molecule has 0 heterocycles. The van der Waals surface area contributed by atoms with Gasteiger partial charge in [0.1, 0.15) is 4.99 Å². The van der Waals surface area contributed by atoms with Gasteiger partial charge in [-0.3, -0.25) is 0 Å². The van der Waals surface area contributed by atoms with Crippen LogP contribution in [0.5, 0.6) is 0 Å². The lowest BCUT2D eigenvalue weighted by Crippen LogP contribution is -2.25. The van der Waals surface area contributed by atoms with Crippen molar-refractivity contribution in [3.63, 3.8) is 0 Å². The van der Waals surface area contributed by atoms with Gasteiger partial charge in [-0.2, -0.15) is 0 Å². The van der Waals surface area contributed by atoms with Crippen molar-refractivity contribution in [1.82, 2.24) is 5.32 Å². The number of nitrogens with two attached hydrogens (primary N) is 1. The van der Waals surface area contributed by atoms with E-state index in [0.717, 1.165) is 28.7 Å². The van der Waals surface area contributed by atoms with Crippen LogP contribution in [0.1, 0.15) is 24.0 Å². The van der Waals surface area contributed by atoms with Crippen LogP contribution in [-0.2, 0) is 0 Å². The molecule has 1 aliphatic rings. The lowest BCUT2D eigenvalue weighted by molar-refractivity contribution is 0.779. The molecule has 1 fully saturated rings. The molecular weight excluding hydrogens is 204 g/mol. The van der Waals surface area contributed by atoms with Crippen molar-refractivity contribution in [2.24, 2.45) is 5.92 Å². The van der Waals surface area contributed by atoms with Crippen LogP contribution in [0.2, 0.25) is 0 Å². The molecule has 1 saturated carbocycles. The third kappa shape index (κ3) is 2.69. The zero-order chi connectivity index (χ0) is 10.8. The van der Waals surface area contributed by atoms with Crippen LogP contribution in [0.4, 0.5) is 5.69 Å². The normalized spacial score (nSPS) is 15.0. The van der Waals surface area contributed by atoms with E-state index in [1.165, 1.54) is 18.4 Å². The molecular formula is C12H16N2S. The number of benzene rings is 1. The van der Waals surface area contributed by atoms with Crippen LogP contribution in [0.15, 0.2) is 18.2 Å². The highest BCUT2D eigenvalue weighted by Crippen LogP contribution is 2.27. The minimum Gasteiger partial charge on any atom is -0.398 e. The van der Waals surface area contributed by atoms with Gasteiger partial charge in [0.25, 0.3) is 0 Å². The first-order chi connectivity index (χ1) is 7.16. The molecule has 0 spiro atoms. The Morgan fingerprint density at radius 2 is 2.27 bits per heavy atom. The molecule has 2 nitrogen and oxygen atoms in total. The van der Waals surface area contributed by atoms with Gasteiger partial charge in [0.15, 0.2) is 0 Å². The topological polar surface area (TPSA) is 38.0 Å². The van der Waals surface area contributed by atoms with Gasteiger partial charge in [-0.1, -0.05) is 23.8 Å². The smallest absolute Gasteiger partial charge is 0.108 e. The molecule has 0 saturated heterocycles. The maximum atomic E-state index is 5.88. The maximum absolute atomic E-state index is 5.88. The highest BCUT2D eigenvalue weighted by atomic mass is 32.1. The Balaban J connectivity index is 2.05. The number of nitrogen functional groups attached to an aromatic ring is 1. The van der Waals surface area contributed by atoms with Gasteiger partial charge >= 0.3 is 0 Å². The molecule has 0 radical (unpaired) electrons. The minimum atomic E-state index is 0.758. The zero-order valence-electron chi connectivity index (χ0n) is 8.92. The number of aryl methyl sites for hydroxylation is 1. The first-order valence-electron chi connectivity index (χ1n) is 5.31. The molecule has 1 aliphatic carbocycles. The van der Waals surface area contributed by atoms with Gasteiger partial charge < -0.3 is 11.1 Å². The minimum absolute atomic E-state index is 0.758. The average molecular weight is 220 g/mol. The molecule has 1 aromatic carbocycles. The van der Waals surface area contributed by atoms with Gasteiger partial charge in [-0.15, -0.1) is 0 Å². The number of rotatable bonds is 3. The third-order valence-corrected chi connectivity index (χ3v) is 3.07. The summed E-state index contributed by atoms with van der Waals surface area (Å²) < 4.78 is 0. The molecule has 3 N–H and O–H groups in total. The molecule has 0 amide bonds. The Bertz CT molecular complexity index is 383. The van der Waals surface area contributed by atoms with Crippen molar-refractivity contribution in [2.45, 2.75) is 19.8 Å². The van der Waals surface area contributed by atoms with Crippen molar-refractivity contribution in [3.05, 3.63) is 29.3 Å². The second-order valence-electron chi connectivity index (χ2n) is 4.24. The standard InChI is InChI=1S/C12H16N2S/c1-8-2-5-11(13)10(6-8)12(15)14-7-9-3-4-9/h2,5-6,9H,3-4,7,13H2,1H3,(H,14,15). The lowest BCUT2D eigenvalue weighted by atomic mass is 10.1. The third-order valence-electron chi connectivity index (χ3n) is 2.70. The van der Waals surface area contributed by atoms with Crippen molar-refractivity contribution in [3.8, 4) is 0 Å². The molecule has 2 rings (SSSR count). The van der Waals surface area contributed by atoms with E-state index in [0.29, 0.717) is 0 Å². The molecule has 0 aromatic heterocycles. The molecule has 0 bridgehead atoms. The molecule has 0 atom stereocenters. The van der Waals surface area contributed by atoms with E-state index >= 15 is 0 Å². The fourth-order valence-corrected chi connectivity index (χ4v) is 1.78. The predicted octanol–water partition coefficient (Wildman–Crippen LogP) is 2.25. The fraction of sp³-hybridized carbons (Fsp3) is 0.417. The van der Waals surface area contributed by atoms with Gasteiger partial charge in [-0.05, 0) is 37.8 Å². The second-order valence-corrected chi connectivity index (χ2v) is 4.65. The Morgan fingerprint density at radius 1 is 1.53 bits per heavy atom. The first kappa shape index (κ1) is 10.4. The second kappa shape index (κ2) is 4.19. The van der Waals surface area contributed by atoms with E-state index in [-0.39, 0.29) is 0 Å². The Morgan fingerprint density at radius 3 is 2.93 bits per heavy atom. The largest absolute Gasteiger partial charge is 0.398 e. The molecule has 0 unspecified atom stereocenters. The summed E-state index contributed by atoms with van der Waals surface area (Å²) in [6, 6.07) is 5.95. The van der Waals surface area contributed by atoms with Crippen molar-refractivity contribution < 1.29 is 0 Å². The highest BCUT2D eigenvalue weighted by molar-refractivity contribution is 7.80. The predicted molar refractivity (Wildman–Crippen MR) is 68.0 cm³/mol. The summed E-state index contributed by atoms with van der Waals surface area (Å²) in [5, 5.41) is 3.28. The summed E-state index contributed by atoms with van der Waals surface area (Å²) in [6.45, 7) is 3.04. The highest BCUT2D eigenvalue weighted by Gasteiger charge is 2.21. The zero-order valence-corrected chi connectivity index (χ0v) is 9.73. The van der Waals surface area contributed by atoms with Gasteiger partial charge in [0.2, 0.25) is 0 Å². The Labute approximate surface area is 95.9 Å². The number of anilines is 1. The van der Waals surface area contributed by atoms with Crippen LogP contribution in [0.25, 0.3) is 0 Å². The van der Waals surface area contributed by atoms with E-state index < -0.39 is 0 Å². The summed E-state index contributed by atoms with van der Waals surface area (Å²) in [4.78, 5) is 0.781. The van der Waals surface area contributed by atoms with Gasteiger partial charge in [0.05, 0.1) is 0 Å². The van der Waals surface area contributed by atoms with Gasteiger partial charge in [-0.25, -0.2) is 0 Å². The van der Waals surface area contributed by atoms with Crippen LogP contribution in [-0.4, -0.2) is 11.5 Å². The van der Waals surface area contributed by atoms with Crippen LogP contribution in [0.3, 0.4) is 0 Å². The summed E-state index contributed by atoms with van der Waals surface area (Å²) in [5.74, 6) is 0.828. The fourth-order valence-electron chi connectivity index (χ4n) is 1.52. The molecule has 1 aromatic rings. The monoisotopic (exact) mass is 220 g/mol. The Hall–Kier alpha value is -1.09. The number of nitrogens with one attached hydrogen (secondary N) is 1. The van der Waals surface area contributed by atoms with Crippen molar-refractivity contribution >= 4 is 22.9 Å². The Kier molecular flexibility index (Phi) is 2.91. The van der Waals surface area contributed by atoms with Crippen molar-refractivity contribution in [2.75, 3.05) is 12.3 Å². The quantitative estimate of drug-likeness (QED) is 0.606. The lowest BCUT2D eigenvalue weighted by Gasteiger charge is -2.10. The molecule has 3 heteroatoms. The number of hydrogen-bond donors (Lipinski definition) is 2. The summed E-state index contributed by atoms with van der Waals surface area (Å²) in [5.41, 5.74) is 8.80. The van der Waals surface area contributed by atoms with E-state index in [4.69, 9.17) is 18.0 Å². The molecule has 15 heavy (non-hydrogen) atoms. The van der Waals surface area contributed by atoms with Crippen LogP contribution >= 0.6 is 12.2 Å². The van der Waals surface area contributed by atoms with E-state index in [2.05, 4.69) is 5.32 Å². The van der Waals surface area contributed by atoms with Crippen molar-refractivity contribution in [1.29, 1.82) is 0 Å². The summed E-state index contributed by atoms with van der Waals surface area (Å²) >= 11 is 5.32. The summed E-state index contributed by atoms with van der Waals surface area (Å²) in [7, 11) is 0. The number of hydrogen-bond acceptors (Lipinski definition) is 2. The van der Waals surface area contributed by atoms with E-state index in [1.54, 1.807) is 0 Å². The van der Waals surface area contributed by atoms with Crippen LogP contribution in [0, 0.1) is 12.8 Å². The molecule has 0 aliphatic heterocycles. The molecule has 80 valence electrons. The van der Waals surface area contributed by atoms with Crippen LogP contribution < -0.4 is 11.1 Å². The first-order valence-corrected chi connectivity index (χ1v) is 5.72. The van der Waals surface area contributed by atoms with E-state index in [9.17, 15) is 0 Å². The summed E-state index contributed by atoms with van der Waals surface area (Å²) in [6.07, 6.45) is 2.66. The van der Waals surface area contributed by atoms with E-state index in [1.807, 2.05) is 25.1 Å². The SMILES string of the molecule is Cc1ccc(N)c(C(=S)NCC2CC2)c1. The number of thiocarbonyl (C=S) groups is 1. The van der Waals surface area contributed by atoms with Gasteiger partial charge in [0, 0.05) is 17.8 Å². The average Bonchev–Trinajstić information content (AvgIpc) is 3.02.